The Kier molecular flexibility index (Phi) is 3.30. The van der Waals surface area contributed by atoms with E-state index >= 15 is 0 Å². The number of rotatable bonds is 4. The first kappa shape index (κ1) is 13.7. The lowest BCUT2D eigenvalue weighted by Gasteiger charge is -2.02. The highest BCUT2D eigenvalue weighted by atomic mass is 16.4. The van der Waals surface area contributed by atoms with Crippen molar-refractivity contribution in [3.8, 4) is 11.4 Å². The maximum Gasteiger partial charge on any atom is 0.354 e. The molecule has 2 N–H and O–H groups in total. The topological polar surface area (TPSA) is 111 Å². The molecule has 0 aliphatic carbocycles. The van der Waals surface area contributed by atoms with Crippen LogP contribution in [-0.4, -0.2) is 40.6 Å². The lowest BCUT2D eigenvalue weighted by molar-refractivity contribution is 0.0685. The van der Waals surface area contributed by atoms with E-state index in [1.54, 1.807) is 36.4 Å². The molecule has 0 saturated carbocycles. The van der Waals surface area contributed by atoms with Gasteiger partial charge in [0.1, 0.15) is 11.4 Å². The summed E-state index contributed by atoms with van der Waals surface area (Å²) in [5.74, 6) is -0.656. The predicted molar refractivity (Wildman–Crippen MR) is 77.7 cm³/mol. The number of anilines is 2. The summed E-state index contributed by atoms with van der Waals surface area (Å²) >= 11 is 0. The zero-order chi connectivity index (χ0) is 15.7. The molecule has 3 heterocycles. The average molecular weight is 299 g/mol. The molecule has 0 aliphatic rings. The van der Waals surface area contributed by atoms with Gasteiger partial charge >= 0.3 is 5.97 Å². The van der Waals surface area contributed by atoms with Gasteiger partial charge in [0.05, 0.1) is 17.6 Å². The summed E-state index contributed by atoms with van der Waals surface area (Å²) in [6.07, 6.45) is 5.02. The van der Waals surface area contributed by atoms with Crippen LogP contribution in [0.1, 0.15) is 10.5 Å². The van der Waals surface area contributed by atoms with Crippen LogP contribution in [0.4, 0.5) is 11.6 Å². The molecule has 0 bridgehead atoms. The molecule has 9 nitrogen and oxygen atoms in total. The zero-order valence-electron chi connectivity index (χ0n) is 11.9. The SMILES string of the molecule is Cn1cc(Nc2nccc(-c3cc(C(=O)O)n(C)n3)n2)cn1. The highest BCUT2D eigenvalue weighted by Crippen LogP contribution is 2.19. The number of hydrogen-bond acceptors (Lipinski definition) is 6. The van der Waals surface area contributed by atoms with Gasteiger partial charge in [-0.25, -0.2) is 14.8 Å². The molecule has 22 heavy (non-hydrogen) atoms. The van der Waals surface area contributed by atoms with Gasteiger partial charge in [0.2, 0.25) is 5.95 Å². The van der Waals surface area contributed by atoms with Crippen molar-refractivity contribution in [2.45, 2.75) is 0 Å². The molecule has 0 aromatic carbocycles. The number of hydrogen-bond donors (Lipinski definition) is 2. The van der Waals surface area contributed by atoms with Crippen molar-refractivity contribution in [3.63, 3.8) is 0 Å². The van der Waals surface area contributed by atoms with Crippen molar-refractivity contribution >= 4 is 17.6 Å². The minimum atomic E-state index is -1.04. The van der Waals surface area contributed by atoms with Crippen LogP contribution in [0.15, 0.2) is 30.7 Å². The van der Waals surface area contributed by atoms with Crippen molar-refractivity contribution in [2.75, 3.05) is 5.32 Å². The summed E-state index contributed by atoms with van der Waals surface area (Å²) < 4.78 is 2.96. The van der Waals surface area contributed by atoms with E-state index in [4.69, 9.17) is 5.11 Å². The molecule has 0 radical (unpaired) electrons. The van der Waals surface area contributed by atoms with Gasteiger partial charge in [0, 0.05) is 32.6 Å². The third-order valence-electron chi connectivity index (χ3n) is 2.98. The molecule has 9 heteroatoms. The Labute approximate surface area is 125 Å². The van der Waals surface area contributed by atoms with Crippen LogP contribution < -0.4 is 5.32 Å². The second kappa shape index (κ2) is 5.28. The summed E-state index contributed by atoms with van der Waals surface area (Å²) in [4.78, 5) is 19.5. The van der Waals surface area contributed by atoms with E-state index < -0.39 is 5.97 Å². The minimum Gasteiger partial charge on any atom is -0.477 e. The van der Waals surface area contributed by atoms with Gasteiger partial charge in [-0.2, -0.15) is 10.2 Å². The second-order valence-corrected chi connectivity index (χ2v) is 4.64. The van der Waals surface area contributed by atoms with E-state index in [0.29, 0.717) is 17.3 Å². The molecule has 0 aliphatic heterocycles. The van der Waals surface area contributed by atoms with E-state index in [2.05, 4.69) is 25.5 Å². The number of carbonyl (C=O) groups is 1. The number of carboxylic acid groups (broad SMARTS) is 1. The van der Waals surface area contributed by atoms with Crippen LogP contribution in [0.3, 0.4) is 0 Å². The fourth-order valence-electron chi connectivity index (χ4n) is 1.97. The quantitative estimate of drug-likeness (QED) is 0.740. The third-order valence-corrected chi connectivity index (χ3v) is 2.98. The number of aromatic carboxylic acids is 1. The molecular weight excluding hydrogens is 286 g/mol. The molecule has 0 amide bonds. The normalized spacial score (nSPS) is 10.6. The molecule has 3 aromatic heterocycles. The monoisotopic (exact) mass is 299 g/mol. The fourth-order valence-corrected chi connectivity index (χ4v) is 1.97. The predicted octanol–water partition coefficient (Wildman–Crippen LogP) is 1.05. The van der Waals surface area contributed by atoms with Gasteiger partial charge in [-0.05, 0) is 6.07 Å². The molecular formula is C13H13N7O2. The van der Waals surface area contributed by atoms with Crippen molar-refractivity contribution in [1.82, 2.24) is 29.5 Å². The summed E-state index contributed by atoms with van der Waals surface area (Å²) in [6.45, 7) is 0. The van der Waals surface area contributed by atoms with Crippen LogP contribution >= 0.6 is 0 Å². The molecule has 0 spiro atoms. The molecule has 0 unspecified atom stereocenters. The maximum absolute atomic E-state index is 11.1. The lowest BCUT2D eigenvalue weighted by atomic mass is 10.3. The van der Waals surface area contributed by atoms with Gasteiger partial charge in [-0.3, -0.25) is 9.36 Å². The number of aryl methyl sites for hydroxylation is 2. The fraction of sp³-hybridized carbons (Fsp3) is 0.154. The summed E-state index contributed by atoms with van der Waals surface area (Å²) in [7, 11) is 3.38. The van der Waals surface area contributed by atoms with Crippen LogP contribution in [0.25, 0.3) is 11.4 Å². The van der Waals surface area contributed by atoms with Gasteiger partial charge in [0.25, 0.3) is 0 Å². The summed E-state index contributed by atoms with van der Waals surface area (Å²) in [5.41, 5.74) is 1.85. The van der Waals surface area contributed by atoms with Gasteiger partial charge in [-0.15, -0.1) is 0 Å². The highest BCUT2D eigenvalue weighted by molar-refractivity contribution is 5.87. The standard InChI is InChI=1S/C13H13N7O2/c1-19-7-8(6-15-19)16-13-14-4-3-9(17-13)10-5-11(12(21)22)20(2)18-10/h3-7H,1-2H3,(H,21,22)(H,14,16,17). The van der Waals surface area contributed by atoms with Crippen molar-refractivity contribution < 1.29 is 9.90 Å². The van der Waals surface area contributed by atoms with E-state index in [1.807, 2.05) is 7.05 Å². The minimum absolute atomic E-state index is 0.0929. The van der Waals surface area contributed by atoms with Crippen LogP contribution in [0.5, 0.6) is 0 Å². The van der Waals surface area contributed by atoms with Crippen LogP contribution in [0, 0.1) is 0 Å². The van der Waals surface area contributed by atoms with Crippen molar-refractivity contribution in [2.24, 2.45) is 14.1 Å². The first-order valence-corrected chi connectivity index (χ1v) is 6.39. The van der Waals surface area contributed by atoms with Crippen LogP contribution in [0.2, 0.25) is 0 Å². The van der Waals surface area contributed by atoms with Crippen LogP contribution in [-0.2, 0) is 14.1 Å². The largest absolute Gasteiger partial charge is 0.477 e. The Balaban J connectivity index is 1.90. The summed E-state index contributed by atoms with van der Waals surface area (Å²) in [6, 6.07) is 3.14. The number of carboxylic acids is 1. The van der Waals surface area contributed by atoms with Gasteiger partial charge in [0.15, 0.2) is 0 Å². The van der Waals surface area contributed by atoms with Crippen molar-refractivity contribution in [3.05, 3.63) is 36.4 Å². The smallest absolute Gasteiger partial charge is 0.354 e. The number of nitrogens with zero attached hydrogens (tertiary/aromatic N) is 6. The molecule has 0 saturated heterocycles. The first-order valence-electron chi connectivity index (χ1n) is 6.39. The number of aromatic nitrogens is 6. The maximum atomic E-state index is 11.1. The van der Waals surface area contributed by atoms with E-state index in [9.17, 15) is 4.79 Å². The lowest BCUT2D eigenvalue weighted by Crippen LogP contribution is -2.04. The number of nitrogens with one attached hydrogen (secondary N) is 1. The Hall–Kier alpha value is -3.23. The average Bonchev–Trinajstić information content (AvgIpc) is 3.05. The molecule has 3 aromatic rings. The van der Waals surface area contributed by atoms with E-state index in [1.165, 1.54) is 10.7 Å². The molecule has 0 fully saturated rings. The molecule has 3 rings (SSSR count). The van der Waals surface area contributed by atoms with Gasteiger partial charge < -0.3 is 10.4 Å². The molecule has 0 atom stereocenters. The second-order valence-electron chi connectivity index (χ2n) is 4.64. The Morgan fingerprint density at radius 1 is 1.32 bits per heavy atom. The van der Waals surface area contributed by atoms with Gasteiger partial charge in [-0.1, -0.05) is 0 Å². The third kappa shape index (κ3) is 2.64. The Bertz CT molecular complexity index is 837. The van der Waals surface area contributed by atoms with Crippen molar-refractivity contribution in [1.29, 1.82) is 0 Å². The van der Waals surface area contributed by atoms with E-state index in [-0.39, 0.29) is 5.69 Å². The van der Waals surface area contributed by atoms with E-state index in [0.717, 1.165) is 5.69 Å². The summed E-state index contributed by atoms with van der Waals surface area (Å²) in [5, 5.41) is 20.3. The first-order chi connectivity index (χ1) is 10.5. The Morgan fingerprint density at radius 3 is 2.77 bits per heavy atom. The highest BCUT2D eigenvalue weighted by Gasteiger charge is 2.14. The Morgan fingerprint density at radius 2 is 2.14 bits per heavy atom. The molecule has 112 valence electrons. The zero-order valence-corrected chi connectivity index (χ0v) is 11.9.